The zero-order chi connectivity index (χ0) is 32.1. The molecule has 0 bridgehead atoms. The minimum absolute atomic E-state index is 0.0986. The van der Waals surface area contributed by atoms with E-state index in [1.807, 2.05) is 72.0 Å². The predicted molar refractivity (Wildman–Crippen MR) is 167 cm³/mol. The molecule has 0 spiro atoms. The van der Waals surface area contributed by atoms with Gasteiger partial charge in [-0.2, -0.15) is 13.2 Å². The molecule has 0 unspecified atom stereocenters. The van der Waals surface area contributed by atoms with Gasteiger partial charge in [0.25, 0.3) is 0 Å². The standard InChI is InChI=1S/C13H14F3NO2.2C11H15NO/c14-13(15,16)12(18)17-10-6-7-11(19-8-10)9-4-2-1-3-5-9;2*12-10-6-7-11(13-8-10)9-4-2-1-3-5-9/h1-5,10-11H,6-8H2,(H,17,18);2*1-5,10-11H,6-8,12H2/t2*10-,11+;10-,11-/m111/s1. The lowest BCUT2D eigenvalue weighted by Crippen LogP contribution is -2.46. The number of nitrogens with two attached hydrogens (primary N) is 2. The molecule has 10 heteroatoms. The molecule has 0 aliphatic carbocycles. The first-order chi connectivity index (χ1) is 21.7. The van der Waals surface area contributed by atoms with Gasteiger partial charge in [-0.25, -0.2) is 0 Å². The van der Waals surface area contributed by atoms with Gasteiger partial charge in [0, 0.05) is 12.1 Å². The number of carbonyl (C=O) groups excluding carboxylic acids is 1. The van der Waals surface area contributed by atoms with Crippen molar-refractivity contribution in [2.75, 3.05) is 19.8 Å². The van der Waals surface area contributed by atoms with E-state index in [2.05, 4.69) is 24.3 Å². The third-order valence-corrected chi connectivity index (χ3v) is 8.00. The van der Waals surface area contributed by atoms with Crippen LogP contribution in [-0.4, -0.2) is 50.0 Å². The Morgan fingerprint density at radius 1 is 0.578 bits per heavy atom. The summed E-state index contributed by atoms with van der Waals surface area (Å²) in [7, 11) is 0. The topological polar surface area (TPSA) is 109 Å². The van der Waals surface area contributed by atoms with E-state index in [1.165, 1.54) is 11.1 Å². The molecule has 0 radical (unpaired) electrons. The molecule has 3 saturated heterocycles. The number of hydrogen-bond acceptors (Lipinski definition) is 6. The minimum atomic E-state index is -4.84. The van der Waals surface area contributed by atoms with Gasteiger partial charge < -0.3 is 31.0 Å². The first-order valence-electron chi connectivity index (χ1n) is 15.6. The summed E-state index contributed by atoms with van der Waals surface area (Å²) in [6, 6.07) is 30.1. The molecule has 3 aromatic carbocycles. The van der Waals surface area contributed by atoms with Crippen LogP contribution in [-0.2, 0) is 19.0 Å². The molecular weight excluding hydrogens is 583 g/mol. The Bertz CT molecular complexity index is 1190. The van der Waals surface area contributed by atoms with Crippen LogP contribution in [0.4, 0.5) is 13.2 Å². The van der Waals surface area contributed by atoms with Gasteiger partial charge in [-0.15, -0.1) is 0 Å². The van der Waals surface area contributed by atoms with Crippen molar-refractivity contribution in [3.05, 3.63) is 108 Å². The van der Waals surface area contributed by atoms with Crippen molar-refractivity contribution in [2.45, 2.75) is 81.1 Å². The van der Waals surface area contributed by atoms with Crippen LogP contribution in [0.2, 0.25) is 0 Å². The molecule has 6 rings (SSSR count). The van der Waals surface area contributed by atoms with Crippen LogP contribution in [0.5, 0.6) is 0 Å². The van der Waals surface area contributed by atoms with Gasteiger partial charge in [-0.3, -0.25) is 4.79 Å². The normalized spacial score (nSPS) is 26.7. The molecular formula is C35H44F3N3O4. The molecule has 6 atom stereocenters. The van der Waals surface area contributed by atoms with Crippen LogP contribution >= 0.6 is 0 Å². The summed E-state index contributed by atoms with van der Waals surface area (Å²) in [5.74, 6) is -1.90. The van der Waals surface area contributed by atoms with Gasteiger partial charge >= 0.3 is 12.1 Å². The smallest absolute Gasteiger partial charge is 0.372 e. The zero-order valence-corrected chi connectivity index (χ0v) is 25.4. The Hall–Kier alpha value is -3.28. The number of ether oxygens (including phenoxy) is 3. The van der Waals surface area contributed by atoms with Gasteiger partial charge in [0.05, 0.1) is 44.2 Å². The lowest BCUT2D eigenvalue weighted by atomic mass is 9.99. The SMILES string of the molecule is N[C@@H]1CC[C@@H](c2ccccc2)OC1.N[C@@H]1CC[C@H](c2ccccc2)OC1.O=C(N[C@@H]1CC[C@@H](c2ccccc2)OC1)C(F)(F)F. The van der Waals surface area contributed by atoms with Crippen molar-refractivity contribution in [3.63, 3.8) is 0 Å². The Labute approximate surface area is 263 Å². The number of amides is 1. The van der Waals surface area contributed by atoms with Crippen LogP contribution in [0, 0.1) is 0 Å². The molecule has 3 aliphatic heterocycles. The van der Waals surface area contributed by atoms with Crippen molar-refractivity contribution in [1.29, 1.82) is 0 Å². The Kier molecular flexibility index (Phi) is 13.4. The van der Waals surface area contributed by atoms with Gasteiger partial charge in [-0.1, -0.05) is 91.0 Å². The van der Waals surface area contributed by atoms with Crippen LogP contribution in [0.25, 0.3) is 0 Å². The van der Waals surface area contributed by atoms with Crippen molar-refractivity contribution in [2.24, 2.45) is 11.5 Å². The molecule has 3 fully saturated rings. The third kappa shape index (κ3) is 11.5. The molecule has 5 N–H and O–H groups in total. The van der Waals surface area contributed by atoms with E-state index in [1.54, 1.807) is 0 Å². The first kappa shape index (κ1) is 34.6. The van der Waals surface area contributed by atoms with E-state index in [0.717, 1.165) is 31.2 Å². The molecule has 3 heterocycles. The summed E-state index contributed by atoms with van der Waals surface area (Å²) in [5.41, 5.74) is 15.0. The largest absolute Gasteiger partial charge is 0.471 e. The van der Waals surface area contributed by atoms with Crippen molar-refractivity contribution in [1.82, 2.24) is 5.32 Å². The molecule has 1 amide bonds. The van der Waals surface area contributed by atoms with Crippen LogP contribution in [0.3, 0.4) is 0 Å². The van der Waals surface area contributed by atoms with E-state index in [9.17, 15) is 18.0 Å². The number of halogens is 3. The van der Waals surface area contributed by atoms with E-state index in [4.69, 9.17) is 25.7 Å². The van der Waals surface area contributed by atoms with Crippen LogP contribution in [0.1, 0.15) is 73.5 Å². The van der Waals surface area contributed by atoms with Gasteiger partial charge in [-0.05, 0) is 55.2 Å². The molecule has 244 valence electrons. The number of nitrogens with one attached hydrogen (secondary N) is 1. The monoisotopic (exact) mass is 627 g/mol. The minimum Gasteiger partial charge on any atom is -0.372 e. The van der Waals surface area contributed by atoms with Gasteiger partial charge in [0.15, 0.2) is 0 Å². The molecule has 3 aromatic rings. The molecule has 0 aromatic heterocycles. The predicted octanol–water partition coefficient (Wildman–Crippen LogP) is 6.32. The third-order valence-electron chi connectivity index (χ3n) is 8.00. The maximum Gasteiger partial charge on any atom is 0.471 e. The number of hydrogen-bond donors (Lipinski definition) is 3. The second-order valence-corrected chi connectivity index (χ2v) is 11.6. The summed E-state index contributed by atoms with van der Waals surface area (Å²) in [5, 5.41) is 1.94. The van der Waals surface area contributed by atoms with Crippen molar-refractivity contribution in [3.8, 4) is 0 Å². The Morgan fingerprint density at radius 2 is 0.933 bits per heavy atom. The first-order valence-corrected chi connectivity index (χ1v) is 15.6. The average Bonchev–Trinajstić information content (AvgIpc) is 3.07. The highest BCUT2D eigenvalue weighted by molar-refractivity contribution is 5.81. The van der Waals surface area contributed by atoms with Crippen LogP contribution in [0.15, 0.2) is 91.0 Å². The highest BCUT2D eigenvalue weighted by atomic mass is 19.4. The average molecular weight is 628 g/mol. The lowest BCUT2D eigenvalue weighted by Gasteiger charge is -2.30. The van der Waals surface area contributed by atoms with Gasteiger partial charge in [0.1, 0.15) is 0 Å². The Morgan fingerprint density at radius 3 is 1.22 bits per heavy atom. The van der Waals surface area contributed by atoms with E-state index in [0.29, 0.717) is 26.1 Å². The summed E-state index contributed by atoms with van der Waals surface area (Å²) in [6.45, 7) is 1.49. The van der Waals surface area contributed by atoms with Crippen molar-refractivity contribution >= 4 is 5.91 Å². The zero-order valence-electron chi connectivity index (χ0n) is 25.4. The molecule has 7 nitrogen and oxygen atoms in total. The van der Waals surface area contributed by atoms with Crippen LogP contribution < -0.4 is 16.8 Å². The maximum absolute atomic E-state index is 12.1. The maximum atomic E-state index is 12.1. The molecule has 45 heavy (non-hydrogen) atoms. The summed E-state index contributed by atoms with van der Waals surface area (Å²) in [6.07, 6.45) is 0.877. The van der Waals surface area contributed by atoms with Crippen molar-refractivity contribution < 1.29 is 32.2 Å². The summed E-state index contributed by atoms with van der Waals surface area (Å²) >= 11 is 0. The highest BCUT2D eigenvalue weighted by Gasteiger charge is 2.40. The van der Waals surface area contributed by atoms with E-state index >= 15 is 0 Å². The highest BCUT2D eigenvalue weighted by Crippen LogP contribution is 2.29. The molecule has 0 saturated carbocycles. The number of benzene rings is 3. The van der Waals surface area contributed by atoms with E-state index in [-0.39, 0.29) is 37.0 Å². The number of rotatable bonds is 4. The second-order valence-electron chi connectivity index (χ2n) is 11.6. The fraction of sp³-hybridized carbons (Fsp3) is 0.457. The summed E-state index contributed by atoms with van der Waals surface area (Å²) < 4.78 is 53.1. The Balaban J connectivity index is 0.000000158. The second kappa shape index (κ2) is 17.4. The van der Waals surface area contributed by atoms with Gasteiger partial charge in [0.2, 0.25) is 0 Å². The number of carbonyl (C=O) groups is 1. The molecule has 3 aliphatic rings. The van der Waals surface area contributed by atoms with E-state index < -0.39 is 18.1 Å². The fourth-order valence-corrected chi connectivity index (χ4v) is 5.47. The lowest BCUT2D eigenvalue weighted by molar-refractivity contribution is -0.175. The fourth-order valence-electron chi connectivity index (χ4n) is 5.47. The summed E-state index contributed by atoms with van der Waals surface area (Å²) in [4.78, 5) is 10.8. The quantitative estimate of drug-likeness (QED) is 0.313. The number of alkyl halides is 3.